The fourth-order valence-corrected chi connectivity index (χ4v) is 5.89. The Labute approximate surface area is 213 Å². The molecule has 196 valence electrons. The SMILES string of the molecule is COC(=O)[C@H](Cc1ccccc1)N1CC2=C[C@@H](C3CC3)n3c(=O)n(C)c(=O)n3[C@H]2[C@@H]1[C@@H](O)CCN=[N+]=[N-]. The lowest BCUT2D eigenvalue weighted by Gasteiger charge is -2.37. The minimum Gasteiger partial charge on any atom is -0.468 e. The number of aliphatic hydroxyl groups is 1. The van der Waals surface area contributed by atoms with Gasteiger partial charge in [0.05, 0.1) is 31.3 Å². The van der Waals surface area contributed by atoms with Crippen molar-refractivity contribution < 1.29 is 14.6 Å². The third kappa shape index (κ3) is 4.41. The number of likely N-dealkylation sites (tertiary alicyclic amines) is 1. The van der Waals surface area contributed by atoms with Crippen LogP contribution in [0.3, 0.4) is 0 Å². The topological polar surface area (TPSA) is 147 Å². The van der Waals surface area contributed by atoms with Gasteiger partial charge in [-0.2, -0.15) is 0 Å². The predicted octanol–water partition coefficient (Wildman–Crippen LogP) is 1.31. The molecule has 1 aromatic carbocycles. The van der Waals surface area contributed by atoms with Crippen LogP contribution in [0, 0.1) is 5.92 Å². The molecule has 2 aliphatic heterocycles. The number of carbonyl (C=O) groups is 1. The van der Waals surface area contributed by atoms with Crippen molar-refractivity contribution in [2.75, 3.05) is 20.2 Å². The summed E-state index contributed by atoms with van der Waals surface area (Å²) in [4.78, 5) is 44.3. The number of carbonyl (C=O) groups excluding carboxylic acids is 1. The molecule has 1 N–H and O–H groups in total. The number of aromatic nitrogens is 3. The van der Waals surface area contributed by atoms with Crippen molar-refractivity contribution >= 4 is 5.97 Å². The van der Waals surface area contributed by atoms with Gasteiger partial charge in [-0.15, -0.1) is 0 Å². The van der Waals surface area contributed by atoms with Crippen LogP contribution >= 0.6 is 0 Å². The second-order valence-corrected chi connectivity index (χ2v) is 10.0. The maximum Gasteiger partial charge on any atom is 0.347 e. The first-order chi connectivity index (χ1) is 17.9. The van der Waals surface area contributed by atoms with Crippen LogP contribution in [-0.2, 0) is 23.0 Å². The van der Waals surface area contributed by atoms with E-state index in [4.69, 9.17) is 10.3 Å². The smallest absolute Gasteiger partial charge is 0.347 e. The zero-order valence-electron chi connectivity index (χ0n) is 20.9. The Morgan fingerprint density at radius 2 is 1.92 bits per heavy atom. The molecule has 0 bridgehead atoms. The fraction of sp³-hybridized carbons (Fsp3) is 0.560. The van der Waals surface area contributed by atoms with Gasteiger partial charge >= 0.3 is 17.3 Å². The Bertz CT molecular complexity index is 1370. The summed E-state index contributed by atoms with van der Waals surface area (Å²) in [5.41, 5.74) is 9.69. The molecule has 0 unspecified atom stereocenters. The van der Waals surface area contributed by atoms with Crippen LogP contribution < -0.4 is 11.4 Å². The maximum atomic E-state index is 13.4. The molecule has 12 heteroatoms. The van der Waals surface area contributed by atoms with Gasteiger partial charge in [0, 0.05) is 25.0 Å². The number of hydrogen-bond acceptors (Lipinski definition) is 7. The third-order valence-corrected chi connectivity index (χ3v) is 7.81. The Kier molecular flexibility index (Phi) is 6.80. The summed E-state index contributed by atoms with van der Waals surface area (Å²) in [6.45, 7) is 0.385. The molecule has 37 heavy (non-hydrogen) atoms. The number of rotatable bonds is 9. The summed E-state index contributed by atoms with van der Waals surface area (Å²) in [6, 6.07) is 7.17. The first kappa shape index (κ1) is 25.1. The lowest BCUT2D eigenvalue weighted by Crippen LogP contribution is -2.53. The number of aliphatic hydroxyl groups excluding tert-OH is 1. The number of ether oxygens (including phenoxy) is 1. The molecule has 3 heterocycles. The zero-order valence-corrected chi connectivity index (χ0v) is 20.9. The van der Waals surface area contributed by atoms with Gasteiger partial charge < -0.3 is 9.84 Å². The standard InChI is InChI=1S/C25H31N7O5/c1-29-24(35)31-18(16-8-9-16)13-17-14-30(19(23(34)37-2)12-15-6-4-3-5-7-15)22(20(33)10-11-27-28-26)21(17)32(31)25(29)36/h3-7,13,16,18-22,33H,8-12,14H2,1-2H3/t18-,19-,20-,21+,22-/m0/s1. The molecule has 3 aliphatic rings. The van der Waals surface area contributed by atoms with E-state index in [-0.39, 0.29) is 24.9 Å². The van der Waals surface area contributed by atoms with E-state index >= 15 is 0 Å². The number of nitrogens with zero attached hydrogens (tertiary/aromatic N) is 7. The van der Waals surface area contributed by atoms with Crippen molar-refractivity contribution in [2.24, 2.45) is 18.1 Å². The number of benzene rings is 1. The van der Waals surface area contributed by atoms with Crippen molar-refractivity contribution in [2.45, 2.75) is 56.0 Å². The fourth-order valence-electron chi connectivity index (χ4n) is 5.89. The second-order valence-electron chi connectivity index (χ2n) is 10.0. The highest BCUT2D eigenvalue weighted by Crippen LogP contribution is 2.47. The van der Waals surface area contributed by atoms with Crippen LogP contribution in [0.2, 0.25) is 0 Å². The van der Waals surface area contributed by atoms with Crippen molar-refractivity contribution in [3.8, 4) is 0 Å². The summed E-state index contributed by atoms with van der Waals surface area (Å²) in [6.07, 6.45) is 3.41. The quantitative estimate of drug-likeness (QED) is 0.177. The highest BCUT2D eigenvalue weighted by atomic mass is 16.5. The van der Waals surface area contributed by atoms with Crippen molar-refractivity contribution in [3.05, 3.63) is 79.0 Å². The van der Waals surface area contributed by atoms with E-state index in [1.54, 1.807) is 0 Å². The molecular weight excluding hydrogens is 478 g/mol. The highest BCUT2D eigenvalue weighted by Gasteiger charge is 2.52. The van der Waals surface area contributed by atoms with Gasteiger partial charge in [0.15, 0.2) is 0 Å². The molecule has 0 radical (unpaired) electrons. The minimum atomic E-state index is -1.04. The Hall–Kier alpha value is -3.60. The van der Waals surface area contributed by atoms with Gasteiger partial charge in [-0.05, 0) is 48.3 Å². The van der Waals surface area contributed by atoms with Gasteiger partial charge in [-0.1, -0.05) is 41.5 Å². The van der Waals surface area contributed by atoms with Crippen molar-refractivity contribution in [3.63, 3.8) is 0 Å². The van der Waals surface area contributed by atoms with Crippen LogP contribution in [-0.4, -0.2) is 68.3 Å². The van der Waals surface area contributed by atoms with E-state index in [2.05, 4.69) is 10.0 Å². The molecule has 1 aromatic heterocycles. The molecule has 5 rings (SSSR count). The van der Waals surface area contributed by atoms with Crippen LogP contribution in [0.5, 0.6) is 0 Å². The van der Waals surface area contributed by atoms with Gasteiger partial charge in [0.1, 0.15) is 6.04 Å². The summed E-state index contributed by atoms with van der Waals surface area (Å²) in [5.74, 6) is -0.186. The molecule has 1 saturated heterocycles. The average Bonchev–Trinajstić information content (AvgIpc) is 3.65. The summed E-state index contributed by atoms with van der Waals surface area (Å²) in [5, 5.41) is 15.0. The lowest BCUT2D eigenvalue weighted by molar-refractivity contribution is -0.148. The molecule has 1 saturated carbocycles. The van der Waals surface area contributed by atoms with Crippen LogP contribution in [0.4, 0.5) is 0 Å². The van der Waals surface area contributed by atoms with E-state index in [1.165, 1.54) is 23.5 Å². The first-order valence-corrected chi connectivity index (χ1v) is 12.5. The third-order valence-electron chi connectivity index (χ3n) is 7.81. The minimum absolute atomic E-state index is 0.0521. The number of fused-ring (bicyclic) bond motifs is 3. The number of methoxy groups -OCH3 is 1. The largest absolute Gasteiger partial charge is 0.468 e. The molecular formula is C25H31N7O5. The van der Waals surface area contributed by atoms with Crippen LogP contribution in [0.1, 0.15) is 36.9 Å². The van der Waals surface area contributed by atoms with Gasteiger partial charge in [0.25, 0.3) is 0 Å². The molecule has 12 nitrogen and oxygen atoms in total. The van der Waals surface area contributed by atoms with E-state index in [0.29, 0.717) is 13.0 Å². The molecule has 0 amide bonds. The number of hydrogen-bond donors (Lipinski definition) is 1. The normalized spacial score (nSPS) is 24.4. The van der Waals surface area contributed by atoms with E-state index in [1.807, 2.05) is 41.3 Å². The lowest BCUT2D eigenvalue weighted by atomic mass is 9.93. The Morgan fingerprint density at radius 1 is 1.22 bits per heavy atom. The van der Waals surface area contributed by atoms with Crippen molar-refractivity contribution in [1.29, 1.82) is 0 Å². The summed E-state index contributed by atoms with van der Waals surface area (Å²) in [7, 11) is 2.79. The second kappa shape index (κ2) is 10.0. The molecule has 2 fully saturated rings. The van der Waals surface area contributed by atoms with Gasteiger partial charge in [-0.25, -0.2) is 23.5 Å². The molecule has 2 aromatic rings. The van der Waals surface area contributed by atoms with Crippen molar-refractivity contribution in [1.82, 2.24) is 18.8 Å². The van der Waals surface area contributed by atoms with E-state index in [9.17, 15) is 19.5 Å². The number of allylic oxidation sites excluding steroid dienone is 1. The van der Waals surface area contributed by atoms with Crippen LogP contribution in [0.15, 0.2) is 56.7 Å². The maximum absolute atomic E-state index is 13.4. The molecule has 5 atom stereocenters. The first-order valence-electron chi connectivity index (χ1n) is 12.5. The molecule has 1 aliphatic carbocycles. The average molecular weight is 510 g/mol. The summed E-state index contributed by atoms with van der Waals surface area (Å²) >= 11 is 0. The van der Waals surface area contributed by atoms with Gasteiger partial charge in [-0.3, -0.25) is 9.69 Å². The highest BCUT2D eigenvalue weighted by molar-refractivity contribution is 5.76. The Balaban J connectivity index is 1.63. The van der Waals surface area contributed by atoms with Gasteiger partial charge in [0.2, 0.25) is 0 Å². The van der Waals surface area contributed by atoms with Crippen LogP contribution in [0.25, 0.3) is 10.4 Å². The van der Waals surface area contributed by atoms with E-state index in [0.717, 1.165) is 28.5 Å². The number of esters is 1. The van der Waals surface area contributed by atoms with E-state index < -0.39 is 41.6 Å². The Morgan fingerprint density at radius 3 is 2.57 bits per heavy atom. The number of azide groups is 1. The monoisotopic (exact) mass is 509 g/mol. The predicted molar refractivity (Wildman–Crippen MR) is 134 cm³/mol. The summed E-state index contributed by atoms with van der Waals surface area (Å²) < 4.78 is 9.28. The molecule has 0 spiro atoms. The zero-order chi connectivity index (χ0) is 26.3.